The minimum atomic E-state index is -0.150. The molecule has 142 valence electrons. The first-order valence-corrected chi connectivity index (χ1v) is 10.1. The van der Waals surface area contributed by atoms with Gasteiger partial charge in [0.15, 0.2) is 0 Å². The summed E-state index contributed by atoms with van der Waals surface area (Å²) >= 11 is 12.6. The van der Waals surface area contributed by atoms with E-state index in [2.05, 4.69) is 10.1 Å². The summed E-state index contributed by atoms with van der Waals surface area (Å²) in [6.07, 6.45) is 4.05. The van der Waals surface area contributed by atoms with Crippen LogP contribution in [-0.2, 0) is 4.79 Å². The molecule has 1 amide bonds. The van der Waals surface area contributed by atoms with Gasteiger partial charge in [0.1, 0.15) is 6.33 Å². The van der Waals surface area contributed by atoms with Gasteiger partial charge in [0.25, 0.3) is 0 Å². The molecule has 2 aromatic carbocycles. The lowest BCUT2D eigenvalue weighted by atomic mass is 9.91. The highest BCUT2D eigenvalue weighted by atomic mass is 35.5. The van der Waals surface area contributed by atoms with Crippen LogP contribution < -0.4 is 4.90 Å². The molecule has 2 atom stereocenters. The lowest BCUT2D eigenvalue weighted by Gasteiger charge is -2.39. The zero-order valence-electron chi connectivity index (χ0n) is 15.0. The molecule has 1 aliphatic carbocycles. The molecule has 1 aliphatic heterocycles. The Kier molecular flexibility index (Phi) is 4.37. The minimum Gasteiger partial charge on any atom is -0.274 e. The van der Waals surface area contributed by atoms with Crippen molar-refractivity contribution in [1.82, 2.24) is 14.8 Å². The van der Waals surface area contributed by atoms with E-state index in [9.17, 15) is 4.79 Å². The predicted octanol–water partition coefficient (Wildman–Crippen LogP) is 5.06. The van der Waals surface area contributed by atoms with Crippen LogP contribution in [0.15, 0.2) is 54.9 Å². The molecule has 0 saturated heterocycles. The van der Waals surface area contributed by atoms with Gasteiger partial charge in [-0.15, -0.1) is 0 Å². The van der Waals surface area contributed by atoms with Gasteiger partial charge in [-0.25, -0.2) is 4.68 Å². The number of amides is 1. The number of carbonyl (C=O) groups is 1. The fraction of sp³-hybridized carbons (Fsp3) is 0.286. The summed E-state index contributed by atoms with van der Waals surface area (Å²) in [6.45, 7) is 0. The molecule has 0 unspecified atom stereocenters. The second kappa shape index (κ2) is 6.90. The maximum absolute atomic E-state index is 13.2. The number of halogens is 2. The zero-order valence-corrected chi connectivity index (χ0v) is 16.5. The van der Waals surface area contributed by atoms with Crippen molar-refractivity contribution in [3.05, 3.63) is 76.0 Å². The van der Waals surface area contributed by atoms with E-state index in [1.165, 1.54) is 6.33 Å². The van der Waals surface area contributed by atoms with Crippen molar-refractivity contribution in [2.24, 2.45) is 5.92 Å². The lowest BCUT2D eigenvalue weighted by molar-refractivity contribution is -0.120. The van der Waals surface area contributed by atoms with E-state index in [-0.39, 0.29) is 23.9 Å². The van der Waals surface area contributed by atoms with Crippen molar-refractivity contribution in [1.29, 1.82) is 0 Å². The van der Waals surface area contributed by atoms with Crippen molar-refractivity contribution >= 4 is 35.1 Å². The largest absolute Gasteiger partial charge is 0.274 e. The van der Waals surface area contributed by atoms with Gasteiger partial charge in [0.05, 0.1) is 12.1 Å². The molecular weight excluding hydrogens is 395 g/mol. The van der Waals surface area contributed by atoms with E-state index in [0.717, 1.165) is 24.0 Å². The number of hydrogen-bond acceptors (Lipinski definition) is 3. The summed E-state index contributed by atoms with van der Waals surface area (Å²) in [5, 5.41) is 5.80. The average Bonchev–Trinajstić information content (AvgIpc) is 3.44. The second-order valence-corrected chi connectivity index (χ2v) is 8.17. The van der Waals surface area contributed by atoms with Crippen LogP contribution in [0, 0.1) is 5.92 Å². The van der Waals surface area contributed by atoms with Gasteiger partial charge in [-0.1, -0.05) is 53.5 Å². The predicted molar refractivity (Wildman–Crippen MR) is 109 cm³/mol. The molecule has 28 heavy (non-hydrogen) atoms. The fourth-order valence-corrected chi connectivity index (χ4v) is 4.33. The Bertz CT molecular complexity index is 1030. The molecule has 0 N–H and O–H groups in total. The molecule has 1 fully saturated rings. The van der Waals surface area contributed by atoms with Crippen LogP contribution in [0.1, 0.15) is 42.5 Å². The third-order valence-corrected chi connectivity index (χ3v) is 6.10. The van der Waals surface area contributed by atoms with E-state index in [1.54, 1.807) is 0 Å². The molecule has 1 aromatic heterocycles. The van der Waals surface area contributed by atoms with E-state index in [4.69, 9.17) is 23.2 Å². The maximum Gasteiger partial charge on any atom is 0.233 e. The molecule has 7 heteroatoms. The van der Waals surface area contributed by atoms with Crippen LogP contribution in [0.4, 0.5) is 5.95 Å². The Morgan fingerprint density at radius 3 is 2.46 bits per heavy atom. The first-order chi connectivity index (χ1) is 13.6. The summed E-state index contributed by atoms with van der Waals surface area (Å²) in [5.41, 5.74) is 2.01. The summed E-state index contributed by atoms with van der Waals surface area (Å²) in [4.78, 5) is 19.5. The Morgan fingerprint density at radius 1 is 1.00 bits per heavy atom. The smallest absolute Gasteiger partial charge is 0.233 e. The Morgan fingerprint density at radius 2 is 1.75 bits per heavy atom. The van der Waals surface area contributed by atoms with E-state index in [0.29, 0.717) is 22.4 Å². The van der Waals surface area contributed by atoms with Crippen LogP contribution in [0.5, 0.6) is 0 Å². The van der Waals surface area contributed by atoms with Crippen molar-refractivity contribution < 1.29 is 4.79 Å². The van der Waals surface area contributed by atoms with Crippen molar-refractivity contribution in [3.63, 3.8) is 0 Å². The van der Waals surface area contributed by atoms with Gasteiger partial charge >= 0.3 is 0 Å². The molecule has 0 spiro atoms. The number of fused-ring (bicyclic) bond motifs is 1. The molecule has 3 aromatic rings. The molecule has 2 heterocycles. The van der Waals surface area contributed by atoms with E-state index in [1.807, 2.05) is 58.1 Å². The molecule has 0 bridgehead atoms. The van der Waals surface area contributed by atoms with Gasteiger partial charge in [0, 0.05) is 16.0 Å². The van der Waals surface area contributed by atoms with Crippen LogP contribution in [0.2, 0.25) is 10.0 Å². The van der Waals surface area contributed by atoms with Gasteiger partial charge in [0.2, 0.25) is 11.9 Å². The molecule has 0 radical (unpaired) electrons. The van der Waals surface area contributed by atoms with Crippen molar-refractivity contribution in [2.75, 3.05) is 4.90 Å². The standard InChI is InChI=1S/C21H18Cl2N4O/c22-15-9-7-13(8-10-15)18-11-19(16-3-1-2-4-17(16)23)27-21(24-12-25-27)26(18)20(28)14-5-6-14/h1-4,7-10,12,14,18-19H,5-6,11H2/t18-,19-/m0/s1. The highest BCUT2D eigenvalue weighted by molar-refractivity contribution is 6.31. The maximum atomic E-state index is 13.2. The summed E-state index contributed by atoms with van der Waals surface area (Å²) < 4.78 is 1.83. The third kappa shape index (κ3) is 2.99. The number of anilines is 1. The normalized spacial score (nSPS) is 21.4. The minimum absolute atomic E-state index is 0.0804. The summed E-state index contributed by atoms with van der Waals surface area (Å²) in [6, 6.07) is 15.2. The Labute approximate surface area is 172 Å². The lowest BCUT2D eigenvalue weighted by Crippen LogP contribution is -2.43. The van der Waals surface area contributed by atoms with Crippen LogP contribution in [0.25, 0.3) is 0 Å². The Balaban J connectivity index is 1.64. The SMILES string of the molecule is O=C(C1CC1)N1c2ncnn2[C@H](c2ccccc2Cl)C[C@H]1c1ccc(Cl)cc1. The molecule has 1 saturated carbocycles. The number of benzene rings is 2. The van der Waals surface area contributed by atoms with Crippen LogP contribution in [-0.4, -0.2) is 20.7 Å². The highest BCUT2D eigenvalue weighted by Gasteiger charge is 2.44. The number of hydrogen-bond donors (Lipinski definition) is 0. The topological polar surface area (TPSA) is 51.0 Å². The number of aromatic nitrogens is 3. The average molecular weight is 413 g/mol. The summed E-state index contributed by atoms with van der Waals surface area (Å²) in [7, 11) is 0. The summed E-state index contributed by atoms with van der Waals surface area (Å²) in [5.74, 6) is 0.775. The zero-order chi connectivity index (χ0) is 19.3. The first kappa shape index (κ1) is 17.7. The molecular formula is C21H18Cl2N4O. The first-order valence-electron chi connectivity index (χ1n) is 9.36. The number of carbonyl (C=O) groups excluding carboxylic acids is 1. The molecule has 5 nitrogen and oxygen atoms in total. The van der Waals surface area contributed by atoms with Crippen LogP contribution in [0.3, 0.4) is 0 Å². The number of nitrogens with zero attached hydrogens (tertiary/aromatic N) is 4. The third-order valence-electron chi connectivity index (χ3n) is 5.51. The molecule has 5 rings (SSSR count). The number of rotatable bonds is 3. The second-order valence-electron chi connectivity index (χ2n) is 7.33. The quantitative estimate of drug-likeness (QED) is 0.603. The van der Waals surface area contributed by atoms with Gasteiger partial charge in [-0.3, -0.25) is 9.69 Å². The van der Waals surface area contributed by atoms with Gasteiger partial charge < -0.3 is 0 Å². The van der Waals surface area contributed by atoms with Gasteiger partial charge in [-0.2, -0.15) is 10.1 Å². The van der Waals surface area contributed by atoms with E-state index >= 15 is 0 Å². The monoisotopic (exact) mass is 412 g/mol. The van der Waals surface area contributed by atoms with Crippen molar-refractivity contribution in [3.8, 4) is 0 Å². The van der Waals surface area contributed by atoms with Crippen molar-refractivity contribution in [2.45, 2.75) is 31.3 Å². The highest BCUT2D eigenvalue weighted by Crippen LogP contribution is 2.45. The van der Waals surface area contributed by atoms with Gasteiger partial charge in [-0.05, 0) is 48.6 Å². The van der Waals surface area contributed by atoms with E-state index < -0.39 is 0 Å². The fourth-order valence-electron chi connectivity index (χ4n) is 3.95. The van der Waals surface area contributed by atoms with Crippen LogP contribution >= 0.6 is 23.2 Å². The Hall–Kier alpha value is -2.37. The molecule has 2 aliphatic rings.